The van der Waals surface area contributed by atoms with Crippen molar-refractivity contribution in [1.82, 2.24) is 5.32 Å². The lowest BCUT2D eigenvalue weighted by Gasteiger charge is -2.27. The van der Waals surface area contributed by atoms with Crippen molar-refractivity contribution in [1.29, 1.82) is 0 Å². The molecule has 6 heteroatoms. The van der Waals surface area contributed by atoms with Crippen molar-refractivity contribution >= 4 is 28.8 Å². The molecule has 3 aromatic rings. The Morgan fingerprint density at radius 1 is 1.23 bits per heavy atom. The van der Waals surface area contributed by atoms with Crippen molar-refractivity contribution in [2.75, 3.05) is 5.32 Å². The Morgan fingerprint density at radius 3 is 2.73 bits per heavy atom. The van der Waals surface area contributed by atoms with E-state index in [-0.39, 0.29) is 24.3 Å². The molecule has 0 radical (unpaired) electrons. The predicted octanol–water partition coefficient (Wildman–Crippen LogP) is 5.17. The molecule has 0 spiro atoms. The van der Waals surface area contributed by atoms with Crippen molar-refractivity contribution in [2.45, 2.75) is 38.1 Å². The van der Waals surface area contributed by atoms with E-state index in [1.54, 1.807) is 17.4 Å². The maximum atomic E-state index is 13.6. The summed E-state index contributed by atoms with van der Waals surface area (Å²) in [7, 11) is 0. The highest BCUT2D eigenvalue weighted by atomic mass is 32.1. The van der Waals surface area contributed by atoms with Crippen LogP contribution in [0.4, 0.5) is 10.1 Å². The number of fused-ring (bicyclic) bond motifs is 1. The van der Waals surface area contributed by atoms with Crippen molar-refractivity contribution in [3.63, 3.8) is 0 Å². The van der Waals surface area contributed by atoms with Gasteiger partial charge in [-0.3, -0.25) is 9.59 Å². The van der Waals surface area contributed by atoms with Gasteiger partial charge in [-0.05, 0) is 46.7 Å². The first-order chi connectivity index (χ1) is 14.5. The number of amides is 2. The highest BCUT2D eigenvalue weighted by Crippen LogP contribution is 2.34. The molecule has 4 nitrogen and oxygen atoms in total. The van der Waals surface area contributed by atoms with E-state index in [1.807, 2.05) is 29.6 Å². The monoisotopic (exact) mass is 422 g/mol. The molecule has 2 aromatic carbocycles. The summed E-state index contributed by atoms with van der Waals surface area (Å²) in [5.41, 5.74) is 3.25. The quantitative estimate of drug-likeness (QED) is 0.576. The third-order valence-corrected chi connectivity index (χ3v) is 6.27. The zero-order valence-electron chi connectivity index (χ0n) is 16.7. The first-order valence-electron chi connectivity index (χ1n) is 10.1. The molecule has 0 aliphatic carbocycles. The SMILES string of the molecule is CCCc1ccc([C@H](NC(=O)[C@H]2CC(=O)Nc3cc(F)ccc32)c2cccs2)cc1. The molecule has 0 bridgehead atoms. The van der Waals surface area contributed by atoms with Crippen LogP contribution in [0, 0.1) is 5.82 Å². The van der Waals surface area contributed by atoms with Gasteiger partial charge in [-0.2, -0.15) is 0 Å². The summed E-state index contributed by atoms with van der Waals surface area (Å²) >= 11 is 1.57. The topological polar surface area (TPSA) is 58.2 Å². The van der Waals surface area contributed by atoms with Gasteiger partial charge < -0.3 is 10.6 Å². The number of anilines is 1. The Labute approximate surface area is 179 Å². The molecule has 2 amide bonds. The molecule has 154 valence electrons. The van der Waals surface area contributed by atoms with Crippen LogP contribution in [-0.4, -0.2) is 11.8 Å². The van der Waals surface area contributed by atoms with Crippen LogP contribution in [0.5, 0.6) is 0 Å². The second kappa shape index (κ2) is 8.79. The maximum absolute atomic E-state index is 13.6. The number of hydrogen-bond acceptors (Lipinski definition) is 3. The Kier molecular flexibility index (Phi) is 5.95. The number of benzene rings is 2. The van der Waals surface area contributed by atoms with Gasteiger partial charge in [-0.15, -0.1) is 11.3 Å². The first kappa shape index (κ1) is 20.3. The predicted molar refractivity (Wildman–Crippen MR) is 117 cm³/mol. The highest BCUT2D eigenvalue weighted by molar-refractivity contribution is 7.10. The van der Waals surface area contributed by atoms with E-state index in [9.17, 15) is 14.0 Å². The van der Waals surface area contributed by atoms with E-state index in [0.717, 1.165) is 23.3 Å². The van der Waals surface area contributed by atoms with E-state index in [0.29, 0.717) is 11.3 Å². The zero-order chi connectivity index (χ0) is 21.1. The second-order valence-corrected chi connectivity index (χ2v) is 8.46. The van der Waals surface area contributed by atoms with Crippen LogP contribution in [0.25, 0.3) is 0 Å². The lowest BCUT2D eigenvalue weighted by molar-refractivity contribution is -0.126. The van der Waals surface area contributed by atoms with Gasteiger partial charge in [0.15, 0.2) is 0 Å². The van der Waals surface area contributed by atoms with Crippen LogP contribution in [0.3, 0.4) is 0 Å². The minimum Gasteiger partial charge on any atom is -0.344 e. The summed E-state index contributed by atoms with van der Waals surface area (Å²) < 4.78 is 13.6. The van der Waals surface area contributed by atoms with Crippen LogP contribution in [0.1, 0.15) is 53.3 Å². The normalized spacial score (nSPS) is 16.5. The Balaban J connectivity index is 1.62. The van der Waals surface area contributed by atoms with Crippen LogP contribution in [-0.2, 0) is 16.0 Å². The van der Waals surface area contributed by atoms with Crippen LogP contribution in [0.2, 0.25) is 0 Å². The summed E-state index contributed by atoms with van der Waals surface area (Å²) in [5.74, 6) is -1.63. The van der Waals surface area contributed by atoms with Crippen LogP contribution in [0.15, 0.2) is 60.0 Å². The number of aryl methyl sites for hydroxylation is 1. The van der Waals surface area contributed by atoms with Crippen molar-refractivity contribution < 1.29 is 14.0 Å². The number of halogens is 1. The number of hydrogen-bond donors (Lipinski definition) is 2. The standard InChI is InChI=1S/C24H23FN2O2S/c1-2-4-15-6-8-16(9-7-15)23(21-5-3-12-30-21)27-24(29)19-14-22(28)26-20-13-17(25)10-11-18(19)20/h3,5-13,19,23H,2,4,14H2,1H3,(H,26,28)(H,27,29)/t19-,23-/m0/s1. The Hall–Kier alpha value is -2.99. The largest absolute Gasteiger partial charge is 0.344 e. The average Bonchev–Trinajstić information content (AvgIpc) is 3.26. The molecule has 2 heterocycles. The summed E-state index contributed by atoms with van der Waals surface area (Å²) in [5, 5.41) is 7.77. The average molecular weight is 423 g/mol. The number of rotatable bonds is 6. The van der Waals surface area contributed by atoms with Gasteiger partial charge >= 0.3 is 0 Å². The molecule has 0 fully saturated rings. The smallest absolute Gasteiger partial charge is 0.228 e. The summed E-state index contributed by atoms with van der Waals surface area (Å²) in [6, 6.07) is 16.1. The molecular formula is C24H23FN2O2S. The summed E-state index contributed by atoms with van der Waals surface area (Å²) in [6.45, 7) is 2.15. The van der Waals surface area contributed by atoms with Gasteiger partial charge in [0.1, 0.15) is 5.82 Å². The number of thiophene rings is 1. The fourth-order valence-corrected chi connectivity index (χ4v) is 4.66. The highest BCUT2D eigenvalue weighted by Gasteiger charge is 2.32. The van der Waals surface area contributed by atoms with Gasteiger partial charge in [0.2, 0.25) is 11.8 Å². The van der Waals surface area contributed by atoms with Gasteiger partial charge in [-0.1, -0.05) is 49.7 Å². The van der Waals surface area contributed by atoms with Crippen molar-refractivity contribution in [3.8, 4) is 0 Å². The fourth-order valence-electron chi connectivity index (χ4n) is 3.85. The third-order valence-electron chi connectivity index (χ3n) is 5.34. The summed E-state index contributed by atoms with van der Waals surface area (Å²) in [6.07, 6.45) is 2.13. The number of carbonyl (C=O) groups is 2. The molecule has 2 atom stereocenters. The van der Waals surface area contributed by atoms with E-state index >= 15 is 0 Å². The molecule has 4 rings (SSSR count). The molecule has 1 aliphatic rings. The lowest BCUT2D eigenvalue weighted by atomic mass is 9.89. The van der Waals surface area contributed by atoms with Crippen molar-refractivity contribution in [2.24, 2.45) is 0 Å². The molecule has 0 unspecified atom stereocenters. The zero-order valence-corrected chi connectivity index (χ0v) is 17.5. The summed E-state index contributed by atoms with van der Waals surface area (Å²) in [4.78, 5) is 26.4. The van der Waals surface area contributed by atoms with E-state index < -0.39 is 11.7 Å². The van der Waals surface area contributed by atoms with Gasteiger partial charge in [0.25, 0.3) is 0 Å². The van der Waals surface area contributed by atoms with Gasteiger partial charge in [0.05, 0.1) is 12.0 Å². The molecule has 30 heavy (non-hydrogen) atoms. The Morgan fingerprint density at radius 2 is 2.03 bits per heavy atom. The fraction of sp³-hybridized carbons (Fsp3) is 0.250. The number of carbonyl (C=O) groups excluding carboxylic acids is 2. The van der Waals surface area contributed by atoms with Crippen molar-refractivity contribution in [3.05, 3.63) is 87.4 Å². The molecule has 1 aliphatic heterocycles. The number of nitrogens with one attached hydrogen (secondary N) is 2. The molecular weight excluding hydrogens is 399 g/mol. The van der Waals surface area contributed by atoms with Gasteiger partial charge in [0, 0.05) is 17.0 Å². The van der Waals surface area contributed by atoms with Crippen LogP contribution >= 0.6 is 11.3 Å². The second-order valence-electron chi connectivity index (χ2n) is 7.49. The molecule has 2 N–H and O–H groups in total. The molecule has 0 saturated heterocycles. The van der Waals surface area contributed by atoms with E-state index in [2.05, 4.69) is 29.7 Å². The Bertz CT molecular complexity index is 1050. The van der Waals surface area contributed by atoms with Crippen LogP contribution < -0.4 is 10.6 Å². The van der Waals surface area contributed by atoms with Gasteiger partial charge in [-0.25, -0.2) is 4.39 Å². The minimum absolute atomic E-state index is 0.0388. The maximum Gasteiger partial charge on any atom is 0.228 e. The minimum atomic E-state index is -0.656. The van der Waals surface area contributed by atoms with E-state index in [1.165, 1.54) is 17.7 Å². The molecule has 1 aromatic heterocycles. The molecule has 0 saturated carbocycles. The lowest BCUT2D eigenvalue weighted by Crippen LogP contribution is -2.37. The first-order valence-corrected chi connectivity index (χ1v) is 10.9. The third kappa shape index (κ3) is 4.28. The van der Waals surface area contributed by atoms with E-state index in [4.69, 9.17) is 0 Å².